The van der Waals surface area contributed by atoms with E-state index in [1.807, 2.05) is 0 Å². The van der Waals surface area contributed by atoms with E-state index in [4.69, 9.17) is 17.4 Å². The maximum Gasteiger partial charge on any atom is 0.286 e. The van der Waals surface area contributed by atoms with Gasteiger partial charge in [0.15, 0.2) is 0 Å². The standard InChI is InChI=1S/C10H10ClN3O2S/c11-7-3-4-8-9(5-7)17(15,16)13-10(14(8)12)6-1-2-6/h3-6H,1-2,12H2. The van der Waals surface area contributed by atoms with E-state index in [0.29, 0.717) is 16.5 Å². The van der Waals surface area contributed by atoms with E-state index in [1.165, 1.54) is 11.1 Å². The minimum Gasteiger partial charge on any atom is -0.264 e. The highest BCUT2D eigenvalue weighted by molar-refractivity contribution is 7.90. The third-order valence-electron chi connectivity index (χ3n) is 2.86. The first-order valence-electron chi connectivity index (χ1n) is 5.18. The molecule has 0 spiro atoms. The van der Waals surface area contributed by atoms with Gasteiger partial charge in [-0.25, -0.2) is 5.84 Å². The zero-order valence-electron chi connectivity index (χ0n) is 8.80. The van der Waals surface area contributed by atoms with Crippen LogP contribution in [0, 0.1) is 5.92 Å². The Hall–Kier alpha value is -1.11. The summed E-state index contributed by atoms with van der Waals surface area (Å²) < 4.78 is 27.7. The topological polar surface area (TPSA) is 75.8 Å². The second-order valence-corrected chi connectivity index (χ2v) is 6.19. The molecule has 0 aromatic heterocycles. The van der Waals surface area contributed by atoms with Gasteiger partial charge in [0.2, 0.25) is 0 Å². The fourth-order valence-electron chi connectivity index (χ4n) is 1.85. The van der Waals surface area contributed by atoms with Crippen LogP contribution in [0.1, 0.15) is 12.8 Å². The molecule has 5 nitrogen and oxygen atoms in total. The smallest absolute Gasteiger partial charge is 0.264 e. The molecule has 90 valence electrons. The van der Waals surface area contributed by atoms with Gasteiger partial charge in [0, 0.05) is 10.9 Å². The van der Waals surface area contributed by atoms with Crippen molar-refractivity contribution in [3.63, 3.8) is 0 Å². The molecule has 1 aromatic carbocycles. The Morgan fingerprint density at radius 3 is 2.76 bits per heavy atom. The van der Waals surface area contributed by atoms with E-state index in [1.54, 1.807) is 12.1 Å². The third kappa shape index (κ3) is 1.72. The summed E-state index contributed by atoms with van der Waals surface area (Å²) in [6.45, 7) is 0. The maximum atomic E-state index is 12.0. The molecule has 0 bridgehead atoms. The Bertz CT molecular complexity index is 622. The van der Waals surface area contributed by atoms with Crippen LogP contribution in [0.3, 0.4) is 0 Å². The summed E-state index contributed by atoms with van der Waals surface area (Å²) in [4.78, 5) is 0.0666. The summed E-state index contributed by atoms with van der Waals surface area (Å²) in [6.07, 6.45) is 1.87. The zero-order chi connectivity index (χ0) is 12.2. The van der Waals surface area contributed by atoms with Crippen molar-refractivity contribution in [3.05, 3.63) is 23.2 Å². The van der Waals surface area contributed by atoms with E-state index in [-0.39, 0.29) is 10.8 Å². The van der Waals surface area contributed by atoms with E-state index in [9.17, 15) is 8.42 Å². The lowest BCUT2D eigenvalue weighted by Crippen LogP contribution is -2.42. The SMILES string of the molecule is NN1C(C2CC2)=NS(=O)(=O)c2cc(Cl)ccc21. The number of rotatable bonds is 1. The Morgan fingerprint density at radius 2 is 2.12 bits per heavy atom. The predicted molar refractivity (Wildman–Crippen MR) is 65.5 cm³/mol. The van der Waals surface area contributed by atoms with Crippen molar-refractivity contribution in [1.82, 2.24) is 0 Å². The lowest BCUT2D eigenvalue weighted by atomic mass is 10.2. The number of anilines is 1. The second kappa shape index (κ2) is 3.44. The molecule has 0 unspecified atom stereocenters. The average Bonchev–Trinajstić information content (AvgIpc) is 3.07. The molecule has 7 heteroatoms. The molecule has 0 amide bonds. The van der Waals surface area contributed by atoms with Crippen molar-refractivity contribution in [2.45, 2.75) is 17.7 Å². The van der Waals surface area contributed by atoms with Gasteiger partial charge >= 0.3 is 0 Å². The largest absolute Gasteiger partial charge is 0.286 e. The molecule has 1 heterocycles. The second-order valence-electron chi connectivity index (χ2n) is 4.18. The van der Waals surface area contributed by atoms with Gasteiger partial charge < -0.3 is 0 Å². The van der Waals surface area contributed by atoms with E-state index >= 15 is 0 Å². The molecule has 0 radical (unpaired) electrons. The highest BCUT2D eigenvalue weighted by Crippen LogP contribution is 2.39. The van der Waals surface area contributed by atoms with Crippen LogP contribution in [-0.4, -0.2) is 14.3 Å². The Labute approximate surface area is 104 Å². The number of amidine groups is 1. The quantitative estimate of drug-likeness (QED) is 0.786. The van der Waals surface area contributed by atoms with Crippen molar-refractivity contribution in [1.29, 1.82) is 0 Å². The van der Waals surface area contributed by atoms with Crippen molar-refractivity contribution in [2.75, 3.05) is 5.01 Å². The van der Waals surface area contributed by atoms with Crippen LogP contribution >= 0.6 is 11.6 Å². The Morgan fingerprint density at radius 1 is 1.41 bits per heavy atom. The van der Waals surface area contributed by atoms with E-state index < -0.39 is 10.0 Å². The van der Waals surface area contributed by atoms with Crippen molar-refractivity contribution in [3.8, 4) is 0 Å². The molecule has 1 saturated carbocycles. The van der Waals surface area contributed by atoms with Crippen LogP contribution in [0.25, 0.3) is 0 Å². The van der Waals surface area contributed by atoms with Crippen molar-refractivity contribution in [2.24, 2.45) is 16.2 Å². The van der Waals surface area contributed by atoms with Gasteiger partial charge in [-0.3, -0.25) is 5.01 Å². The van der Waals surface area contributed by atoms with Crippen LogP contribution in [0.4, 0.5) is 5.69 Å². The van der Waals surface area contributed by atoms with Crippen LogP contribution in [-0.2, 0) is 10.0 Å². The number of hydrazine groups is 1. The molecule has 1 aliphatic carbocycles. The molecule has 0 saturated heterocycles. The Kier molecular flexibility index (Phi) is 2.23. The number of nitrogens with zero attached hydrogens (tertiary/aromatic N) is 2. The lowest BCUT2D eigenvalue weighted by Gasteiger charge is -2.26. The number of sulfonamides is 1. The summed E-state index contributed by atoms with van der Waals surface area (Å²) in [5, 5.41) is 1.70. The van der Waals surface area contributed by atoms with Crippen molar-refractivity contribution < 1.29 is 8.42 Å². The highest BCUT2D eigenvalue weighted by Gasteiger charge is 2.38. The monoisotopic (exact) mass is 271 g/mol. The van der Waals surface area contributed by atoms with Crippen molar-refractivity contribution >= 4 is 33.1 Å². The summed E-state index contributed by atoms with van der Waals surface area (Å²) in [5.74, 6) is 6.49. The average molecular weight is 272 g/mol. The third-order valence-corrected chi connectivity index (χ3v) is 4.41. The summed E-state index contributed by atoms with van der Waals surface area (Å²) in [7, 11) is -3.67. The van der Waals surface area contributed by atoms with Gasteiger partial charge in [0.1, 0.15) is 10.7 Å². The summed E-state index contributed by atoms with van der Waals surface area (Å²) in [5.41, 5.74) is 0.436. The Balaban J connectivity index is 2.22. The molecule has 0 atom stereocenters. The van der Waals surface area contributed by atoms with Crippen LogP contribution in [0.15, 0.2) is 27.5 Å². The maximum absolute atomic E-state index is 12.0. The normalized spacial score (nSPS) is 22.0. The van der Waals surface area contributed by atoms with Gasteiger partial charge in [-0.1, -0.05) is 11.6 Å². The van der Waals surface area contributed by atoms with Gasteiger partial charge in [0.05, 0.1) is 5.69 Å². The molecule has 2 N–H and O–H groups in total. The number of hydrogen-bond acceptors (Lipinski definition) is 4. The first-order valence-corrected chi connectivity index (χ1v) is 7.00. The summed E-state index contributed by atoms with van der Waals surface area (Å²) >= 11 is 5.79. The highest BCUT2D eigenvalue weighted by atomic mass is 35.5. The number of benzene rings is 1. The van der Waals surface area contributed by atoms with Crippen LogP contribution in [0.2, 0.25) is 5.02 Å². The summed E-state index contributed by atoms with van der Waals surface area (Å²) in [6, 6.07) is 4.59. The number of hydrogen-bond donors (Lipinski definition) is 1. The molecular weight excluding hydrogens is 262 g/mol. The molecular formula is C10H10ClN3O2S. The van der Waals surface area contributed by atoms with Gasteiger partial charge in [-0.05, 0) is 31.0 Å². The first kappa shape index (κ1) is 11.0. The molecule has 2 aliphatic rings. The van der Waals surface area contributed by atoms with Gasteiger partial charge in [-0.15, -0.1) is 4.40 Å². The molecule has 1 aromatic rings. The predicted octanol–water partition coefficient (Wildman–Crippen LogP) is 1.53. The first-order chi connectivity index (χ1) is 7.99. The minimum absolute atomic E-state index is 0.0666. The van der Waals surface area contributed by atoms with E-state index in [0.717, 1.165) is 12.8 Å². The number of nitrogens with two attached hydrogens (primary N) is 1. The van der Waals surface area contributed by atoms with Gasteiger partial charge in [-0.2, -0.15) is 8.42 Å². The zero-order valence-corrected chi connectivity index (χ0v) is 10.4. The lowest BCUT2D eigenvalue weighted by molar-refractivity contribution is 0.596. The molecule has 1 aliphatic heterocycles. The molecule has 17 heavy (non-hydrogen) atoms. The number of halogens is 1. The van der Waals surface area contributed by atoms with Crippen LogP contribution < -0.4 is 10.9 Å². The van der Waals surface area contributed by atoms with E-state index in [2.05, 4.69) is 4.40 Å². The number of fused-ring (bicyclic) bond motifs is 1. The molecule has 1 fully saturated rings. The van der Waals surface area contributed by atoms with Crippen LogP contribution in [0.5, 0.6) is 0 Å². The fraction of sp³-hybridized carbons (Fsp3) is 0.300. The fourth-order valence-corrected chi connectivity index (χ4v) is 3.37. The van der Waals surface area contributed by atoms with Gasteiger partial charge in [0.25, 0.3) is 10.0 Å². The molecule has 3 rings (SSSR count). The minimum atomic E-state index is -3.67.